The monoisotopic (exact) mass is 296 g/mol. The molecule has 1 saturated heterocycles. The van der Waals surface area contributed by atoms with Gasteiger partial charge in [-0.15, -0.1) is 0 Å². The molecule has 1 aromatic carbocycles. The molecule has 3 nitrogen and oxygen atoms in total. The maximum Gasteiger partial charge on any atom is 0.251 e. The molecule has 2 N–H and O–H groups in total. The molecule has 0 bridgehead atoms. The molecule has 1 unspecified atom stereocenters. The first-order valence-electron chi connectivity index (χ1n) is 5.92. The number of hydrogen-bond donors (Lipinski definition) is 2. The van der Waals surface area contributed by atoms with Crippen LogP contribution in [0.3, 0.4) is 0 Å². The summed E-state index contributed by atoms with van der Waals surface area (Å²) in [6, 6.07) is 5.67. The highest BCUT2D eigenvalue weighted by Crippen LogP contribution is 2.17. The van der Waals surface area contributed by atoms with E-state index in [4.69, 9.17) is 0 Å². The lowest BCUT2D eigenvalue weighted by molar-refractivity contribution is 0.0948. The highest BCUT2D eigenvalue weighted by Gasteiger charge is 2.15. The summed E-state index contributed by atoms with van der Waals surface area (Å²) >= 11 is 3.43. The third kappa shape index (κ3) is 3.30. The Labute approximate surface area is 110 Å². The molecule has 17 heavy (non-hydrogen) atoms. The Morgan fingerprint density at radius 2 is 2.41 bits per heavy atom. The summed E-state index contributed by atoms with van der Waals surface area (Å²) in [5, 5.41) is 6.29. The summed E-state index contributed by atoms with van der Waals surface area (Å²) < 4.78 is 1.04. The van der Waals surface area contributed by atoms with Gasteiger partial charge >= 0.3 is 0 Å². The van der Waals surface area contributed by atoms with Crippen molar-refractivity contribution >= 4 is 21.8 Å². The first-order chi connectivity index (χ1) is 8.16. The van der Waals surface area contributed by atoms with E-state index < -0.39 is 0 Å². The van der Waals surface area contributed by atoms with Crippen LogP contribution >= 0.6 is 15.9 Å². The number of aryl methyl sites for hydroxylation is 1. The molecule has 1 aliphatic rings. The van der Waals surface area contributed by atoms with E-state index in [1.54, 1.807) is 0 Å². The van der Waals surface area contributed by atoms with Crippen molar-refractivity contribution in [2.24, 2.45) is 5.92 Å². The quantitative estimate of drug-likeness (QED) is 0.897. The Morgan fingerprint density at radius 3 is 3.06 bits per heavy atom. The second kappa shape index (κ2) is 5.65. The number of carbonyl (C=O) groups excluding carboxylic acids is 1. The Morgan fingerprint density at radius 1 is 1.59 bits per heavy atom. The SMILES string of the molecule is Cc1cc(C(=O)NCC2CCNC2)ccc1Br. The summed E-state index contributed by atoms with van der Waals surface area (Å²) in [7, 11) is 0. The minimum Gasteiger partial charge on any atom is -0.352 e. The summed E-state index contributed by atoms with van der Waals surface area (Å²) in [6.45, 7) is 4.83. The molecule has 4 heteroatoms. The molecule has 0 radical (unpaired) electrons. The molecular formula is C13H17BrN2O. The Kier molecular flexibility index (Phi) is 4.18. The number of carbonyl (C=O) groups is 1. The third-order valence-corrected chi connectivity index (χ3v) is 4.02. The van der Waals surface area contributed by atoms with Gasteiger partial charge in [0.15, 0.2) is 0 Å². The molecule has 0 spiro atoms. The molecule has 0 aliphatic carbocycles. The van der Waals surface area contributed by atoms with E-state index in [-0.39, 0.29) is 5.91 Å². The molecule has 2 rings (SSSR count). The van der Waals surface area contributed by atoms with E-state index in [0.717, 1.165) is 41.7 Å². The number of hydrogen-bond acceptors (Lipinski definition) is 2. The number of rotatable bonds is 3. The van der Waals surface area contributed by atoms with E-state index >= 15 is 0 Å². The van der Waals surface area contributed by atoms with Gasteiger partial charge in [0.05, 0.1) is 0 Å². The van der Waals surface area contributed by atoms with Crippen LogP contribution in [-0.2, 0) is 0 Å². The third-order valence-electron chi connectivity index (χ3n) is 3.13. The zero-order chi connectivity index (χ0) is 12.3. The molecule has 0 aromatic heterocycles. The van der Waals surface area contributed by atoms with Crippen LogP contribution in [0.4, 0.5) is 0 Å². The molecule has 1 atom stereocenters. The van der Waals surface area contributed by atoms with Gasteiger partial charge in [-0.3, -0.25) is 4.79 Å². The van der Waals surface area contributed by atoms with Gasteiger partial charge in [0.25, 0.3) is 5.91 Å². The van der Waals surface area contributed by atoms with Gasteiger partial charge < -0.3 is 10.6 Å². The van der Waals surface area contributed by atoms with Crippen LogP contribution in [0.25, 0.3) is 0 Å². The predicted molar refractivity (Wildman–Crippen MR) is 72.2 cm³/mol. The molecule has 0 saturated carbocycles. The van der Waals surface area contributed by atoms with Crippen molar-refractivity contribution in [1.82, 2.24) is 10.6 Å². The van der Waals surface area contributed by atoms with E-state index in [9.17, 15) is 4.79 Å². The van der Waals surface area contributed by atoms with Crippen LogP contribution in [-0.4, -0.2) is 25.5 Å². The molecule has 92 valence electrons. The van der Waals surface area contributed by atoms with Gasteiger partial charge in [-0.1, -0.05) is 15.9 Å². The van der Waals surface area contributed by atoms with E-state index in [1.807, 2.05) is 25.1 Å². The molecule has 1 fully saturated rings. The van der Waals surface area contributed by atoms with Crippen molar-refractivity contribution in [3.63, 3.8) is 0 Å². The fourth-order valence-corrected chi connectivity index (χ4v) is 2.26. The van der Waals surface area contributed by atoms with Crippen LogP contribution in [0.15, 0.2) is 22.7 Å². The lowest BCUT2D eigenvalue weighted by Crippen LogP contribution is -2.30. The summed E-state index contributed by atoms with van der Waals surface area (Å²) in [5.74, 6) is 0.600. The summed E-state index contributed by atoms with van der Waals surface area (Å²) in [5.41, 5.74) is 1.82. The number of nitrogens with one attached hydrogen (secondary N) is 2. The smallest absolute Gasteiger partial charge is 0.251 e. The predicted octanol–water partition coefficient (Wildman–Crippen LogP) is 2.10. The second-order valence-corrected chi connectivity index (χ2v) is 5.39. The first-order valence-corrected chi connectivity index (χ1v) is 6.71. The normalized spacial score (nSPS) is 19.3. The highest BCUT2D eigenvalue weighted by atomic mass is 79.9. The minimum atomic E-state index is 0.0208. The van der Waals surface area contributed by atoms with E-state index in [0.29, 0.717) is 5.92 Å². The summed E-state index contributed by atoms with van der Waals surface area (Å²) in [4.78, 5) is 11.9. The van der Waals surface area contributed by atoms with Crippen molar-refractivity contribution in [1.29, 1.82) is 0 Å². The Bertz CT molecular complexity index is 414. The zero-order valence-corrected chi connectivity index (χ0v) is 11.5. The molecule has 1 aromatic rings. The lowest BCUT2D eigenvalue weighted by Gasteiger charge is -2.10. The van der Waals surface area contributed by atoms with Crippen molar-refractivity contribution < 1.29 is 4.79 Å². The van der Waals surface area contributed by atoms with Crippen LogP contribution in [0.5, 0.6) is 0 Å². The topological polar surface area (TPSA) is 41.1 Å². The second-order valence-electron chi connectivity index (χ2n) is 4.53. The molecular weight excluding hydrogens is 280 g/mol. The van der Waals surface area contributed by atoms with Crippen molar-refractivity contribution in [3.8, 4) is 0 Å². The van der Waals surface area contributed by atoms with Gasteiger partial charge in [0.1, 0.15) is 0 Å². The van der Waals surface area contributed by atoms with Crippen molar-refractivity contribution in [3.05, 3.63) is 33.8 Å². The lowest BCUT2D eigenvalue weighted by atomic mass is 10.1. The average Bonchev–Trinajstić information content (AvgIpc) is 2.82. The van der Waals surface area contributed by atoms with Crippen LogP contribution < -0.4 is 10.6 Å². The van der Waals surface area contributed by atoms with E-state index in [2.05, 4.69) is 26.6 Å². The largest absolute Gasteiger partial charge is 0.352 e. The van der Waals surface area contributed by atoms with Crippen LogP contribution in [0.2, 0.25) is 0 Å². The molecule has 1 amide bonds. The summed E-state index contributed by atoms with van der Waals surface area (Å²) in [6.07, 6.45) is 1.15. The number of halogens is 1. The Balaban J connectivity index is 1.92. The fourth-order valence-electron chi connectivity index (χ4n) is 2.01. The van der Waals surface area contributed by atoms with Gasteiger partial charge in [0.2, 0.25) is 0 Å². The van der Waals surface area contributed by atoms with Gasteiger partial charge in [-0.05, 0) is 56.1 Å². The maximum absolute atomic E-state index is 11.9. The highest BCUT2D eigenvalue weighted by molar-refractivity contribution is 9.10. The number of amides is 1. The Hall–Kier alpha value is -0.870. The fraction of sp³-hybridized carbons (Fsp3) is 0.462. The maximum atomic E-state index is 11.9. The van der Waals surface area contributed by atoms with Crippen molar-refractivity contribution in [2.75, 3.05) is 19.6 Å². The minimum absolute atomic E-state index is 0.0208. The standard InChI is InChI=1S/C13H17BrN2O/c1-9-6-11(2-3-12(9)14)13(17)16-8-10-4-5-15-7-10/h2-3,6,10,15H,4-5,7-8H2,1H3,(H,16,17). The number of benzene rings is 1. The molecule has 1 heterocycles. The van der Waals surface area contributed by atoms with Crippen LogP contribution in [0, 0.1) is 12.8 Å². The zero-order valence-electron chi connectivity index (χ0n) is 9.92. The van der Waals surface area contributed by atoms with Crippen LogP contribution in [0.1, 0.15) is 22.3 Å². The van der Waals surface area contributed by atoms with Crippen molar-refractivity contribution in [2.45, 2.75) is 13.3 Å². The van der Waals surface area contributed by atoms with E-state index in [1.165, 1.54) is 0 Å². The van der Waals surface area contributed by atoms with Gasteiger partial charge in [0, 0.05) is 16.6 Å². The van der Waals surface area contributed by atoms with Gasteiger partial charge in [-0.2, -0.15) is 0 Å². The molecule has 1 aliphatic heterocycles. The van der Waals surface area contributed by atoms with Gasteiger partial charge in [-0.25, -0.2) is 0 Å². The first kappa shape index (κ1) is 12.6. The average molecular weight is 297 g/mol.